The number of aryl methyl sites for hydroxylation is 1. The Morgan fingerprint density at radius 2 is 1.98 bits per heavy atom. The highest BCUT2D eigenvalue weighted by atomic mass is 35.5. The number of methoxy groups -OCH3 is 2. The highest BCUT2D eigenvalue weighted by Gasteiger charge is 2.46. The Balaban J connectivity index is 1.15. The summed E-state index contributed by atoms with van der Waals surface area (Å²) in [5.41, 5.74) is 4.06. The van der Waals surface area contributed by atoms with Gasteiger partial charge in [-0.25, -0.2) is 14.8 Å². The number of hydrogen-bond acceptors (Lipinski definition) is 8. The van der Waals surface area contributed by atoms with Gasteiger partial charge in [0.1, 0.15) is 5.75 Å². The Morgan fingerprint density at radius 3 is 2.76 bits per heavy atom. The molecule has 46 heavy (non-hydrogen) atoms. The van der Waals surface area contributed by atoms with Crippen LogP contribution in [0.4, 0.5) is 5.69 Å². The van der Waals surface area contributed by atoms with Crippen LogP contribution in [0.25, 0.3) is 0 Å². The van der Waals surface area contributed by atoms with Gasteiger partial charge in [-0.05, 0) is 117 Å². The minimum Gasteiger partial charge on any atom is -0.490 e. The first-order valence-electron chi connectivity index (χ1n) is 16.8. The minimum atomic E-state index is -0.328. The first-order valence-corrected chi connectivity index (χ1v) is 18.1. The smallest absolute Gasteiger partial charge is 0.337 e. The zero-order chi connectivity index (χ0) is 31.7. The Hall–Kier alpha value is -2.81. The Kier molecular flexibility index (Phi) is 9.49. The maximum absolute atomic E-state index is 12.6. The number of carbonyl (C=O) groups excluding carboxylic acids is 1. The summed E-state index contributed by atoms with van der Waals surface area (Å²) in [6.45, 7) is 2.34. The third kappa shape index (κ3) is 6.37. The van der Waals surface area contributed by atoms with E-state index in [1.54, 1.807) is 0 Å². The third-order valence-corrected chi connectivity index (χ3v) is 12.4. The summed E-state index contributed by atoms with van der Waals surface area (Å²) in [6, 6.07) is 14.0. The fourth-order valence-electron chi connectivity index (χ4n) is 8.69. The predicted molar refractivity (Wildman–Crippen MR) is 182 cm³/mol. The molecule has 3 aromatic rings. The lowest BCUT2D eigenvalue weighted by molar-refractivity contribution is -0.0587. The van der Waals surface area contributed by atoms with E-state index in [1.807, 2.05) is 61.6 Å². The van der Waals surface area contributed by atoms with E-state index in [0.717, 1.165) is 60.4 Å². The van der Waals surface area contributed by atoms with E-state index in [-0.39, 0.29) is 17.5 Å². The van der Waals surface area contributed by atoms with Gasteiger partial charge in [0, 0.05) is 48.3 Å². The van der Waals surface area contributed by atoms with E-state index < -0.39 is 0 Å². The van der Waals surface area contributed by atoms with Crippen LogP contribution in [0.2, 0.25) is 5.02 Å². The molecule has 0 amide bonds. The van der Waals surface area contributed by atoms with Crippen molar-refractivity contribution in [1.82, 2.24) is 9.97 Å². The molecule has 2 aromatic carbocycles. The van der Waals surface area contributed by atoms with Crippen molar-refractivity contribution in [1.29, 1.82) is 0 Å². The molecule has 1 unspecified atom stereocenters. The van der Waals surface area contributed by atoms with Gasteiger partial charge >= 0.3 is 5.97 Å². The fraction of sp³-hybridized carbons (Fsp3) is 0.541. The van der Waals surface area contributed by atoms with Crippen LogP contribution in [0.1, 0.15) is 72.9 Å². The van der Waals surface area contributed by atoms with Crippen LogP contribution < -0.4 is 9.64 Å². The van der Waals surface area contributed by atoms with Gasteiger partial charge in [-0.3, -0.25) is 0 Å². The summed E-state index contributed by atoms with van der Waals surface area (Å²) >= 11 is 8.29. The summed E-state index contributed by atoms with van der Waals surface area (Å²) in [6.07, 6.45) is 14.2. The Labute approximate surface area is 281 Å². The number of hydrogen-bond donors (Lipinski definition) is 0. The monoisotopic (exact) mass is 661 g/mol. The van der Waals surface area contributed by atoms with Crippen molar-refractivity contribution in [2.24, 2.45) is 17.8 Å². The van der Waals surface area contributed by atoms with Crippen molar-refractivity contribution in [3.05, 3.63) is 76.6 Å². The number of thioether (sulfide) groups is 1. The summed E-state index contributed by atoms with van der Waals surface area (Å²) in [4.78, 5) is 24.1. The molecule has 7 nitrogen and oxygen atoms in total. The van der Waals surface area contributed by atoms with Crippen LogP contribution in [0.5, 0.6) is 5.75 Å². The van der Waals surface area contributed by atoms with Gasteiger partial charge in [-0.2, -0.15) is 0 Å². The second kappa shape index (κ2) is 13.7. The van der Waals surface area contributed by atoms with E-state index >= 15 is 0 Å². The van der Waals surface area contributed by atoms with Crippen molar-refractivity contribution >= 4 is 35.0 Å². The Bertz CT molecular complexity index is 1540. The standard InChI is InChI=1S/C37H44ClN3O4S/c1-43-34(25-6-3-8-29(19-25)46-36-39-16-5-17-40-36)30-12-9-27(30)21-41-22-37(15-4-7-24-18-28(38)11-13-31(24)37)23-45-33-14-10-26(20-32(33)41)35(42)44-2/h5,10-11,13-14,16-18,20,25,27,29-30,34H,3-4,6-9,12,15,19,21-23H2,1-2H3/t25-,27-,29-,30+,34?,37-/m0/s1. The van der Waals surface area contributed by atoms with Gasteiger partial charge in [0.15, 0.2) is 5.16 Å². The highest BCUT2D eigenvalue weighted by molar-refractivity contribution is 7.99. The molecular formula is C37H44ClN3O4S. The average Bonchev–Trinajstić information content (AvgIpc) is 3.22. The van der Waals surface area contributed by atoms with Crippen LogP contribution in [0, 0.1) is 17.8 Å². The average molecular weight is 662 g/mol. The minimum absolute atomic E-state index is 0.157. The number of ether oxygens (including phenoxy) is 3. The number of rotatable bonds is 8. The van der Waals surface area contributed by atoms with Crippen LogP contribution in [0.15, 0.2) is 60.0 Å². The maximum Gasteiger partial charge on any atom is 0.337 e. The molecule has 0 saturated heterocycles. The van der Waals surface area contributed by atoms with Crippen molar-refractivity contribution < 1.29 is 19.0 Å². The molecule has 2 saturated carbocycles. The number of anilines is 1. The normalized spacial score (nSPS) is 27.8. The molecule has 2 heterocycles. The van der Waals surface area contributed by atoms with Crippen molar-refractivity contribution in [2.45, 2.75) is 79.7 Å². The number of fused-ring (bicyclic) bond motifs is 3. The van der Waals surface area contributed by atoms with E-state index in [9.17, 15) is 4.79 Å². The topological polar surface area (TPSA) is 73.8 Å². The molecule has 3 aliphatic carbocycles. The largest absolute Gasteiger partial charge is 0.490 e. The Morgan fingerprint density at radius 1 is 1.11 bits per heavy atom. The van der Waals surface area contributed by atoms with Gasteiger partial charge < -0.3 is 19.1 Å². The molecule has 1 aromatic heterocycles. The van der Waals surface area contributed by atoms with Gasteiger partial charge in [-0.1, -0.05) is 35.9 Å². The van der Waals surface area contributed by atoms with Crippen LogP contribution in [0.3, 0.4) is 0 Å². The third-order valence-electron chi connectivity index (χ3n) is 11.0. The van der Waals surface area contributed by atoms with Gasteiger partial charge in [-0.15, -0.1) is 0 Å². The number of esters is 1. The lowest BCUT2D eigenvalue weighted by atomic mass is 9.65. The number of halogens is 1. The first-order chi connectivity index (χ1) is 22.5. The molecule has 4 aliphatic rings. The van der Waals surface area contributed by atoms with Gasteiger partial charge in [0.25, 0.3) is 0 Å². The van der Waals surface area contributed by atoms with Crippen molar-refractivity contribution in [2.75, 3.05) is 38.8 Å². The summed E-state index contributed by atoms with van der Waals surface area (Å²) in [5.74, 6) is 2.02. The molecule has 0 bridgehead atoms. The summed E-state index contributed by atoms with van der Waals surface area (Å²) < 4.78 is 18.1. The van der Waals surface area contributed by atoms with Gasteiger partial charge in [0.05, 0.1) is 31.1 Å². The SMILES string of the molecule is COC(=O)c1ccc2c(c1)N(C[C@@H]1CC[C@H]1C(OC)[C@H]1CCC[C@H](Sc3ncccn3)C1)C[C@@]1(CCCc3cc(Cl)ccc31)CO2. The zero-order valence-electron chi connectivity index (χ0n) is 26.8. The molecule has 244 valence electrons. The van der Waals surface area contributed by atoms with Crippen LogP contribution in [-0.2, 0) is 21.3 Å². The van der Waals surface area contributed by atoms with Crippen molar-refractivity contribution in [3.8, 4) is 5.75 Å². The fourth-order valence-corrected chi connectivity index (χ4v) is 10.1. The number of benzene rings is 2. The molecule has 6 atom stereocenters. The number of aromatic nitrogens is 2. The first kappa shape index (κ1) is 31.8. The number of nitrogens with zero attached hydrogens (tertiary/aromatic N) is 3. The van der Waals surface area contributed by atoms with E-state index in [2.05, 4.69) is 27.0 Å². The predicted octanol–water partition coefficient (Wildman–Crippen LogP) is 7.78. The van der Waals surface area contributed by atoms with Gasteiger partial charge in [0.2, 0.25) is 0 Å². The quantitative estimate of drug-likeness (QED) is 0.179. The number of carbonyl (C=O) groups is 1. The molecule has 0 N–H and O–H groups in total. The highest BCUT2D eigenvalue weighted by Crippen LogP contribution is 2.49. The maximum atomic E-state index is 12.6. The second-order valence-corrected chi connectivity index (χ2v) is 15.4. The lowest BCUT2D eigenvalue weighted by Gasteiger charge is -2.48. The molecule has 0 radical (unpaired) electrons. The molecule has 7 rings (SSSR count). The molecule has 1 aliphatic heterocycles. The zero-order valence-corrected chi connectivity index (χ0v) is 28.4. The van der Waals surface area contributed by atoms with Crippen LogP contribution in [-0.4, -0.2) is 61.2 Å². The van der Waals surface area contributed by atoms with E-state index in [0.29, 0.717) is 35.2 Å². The molecule has 2 fully saturated rings. The van der Waals surface area contributed by atoms with E-state index in [4.69, 9.17) is 25.8 Å². The summed E-state index contributed by atoms with van der Waals surface area (Å²) in [7, 11) is 3.35. The van der Waals surface area contributed by atoms with Crippen LogP contribution >= 0.6 is 23.4 Å². The van der Waals surface area contributed by atoms with E-state index in [1.165, 1.54) is 50.3 Å². The molecule has 1 spiro atoms. The molecule has 9 heteroatoms. The molecular weight excluding hydrogens is 618 g/mol. The second-order valence-electron chi connectivity index (χ2n) is 13.7. The summed E-state index contributed by atoms with van der Waals surface area (Å²) in [5, 5.41) is 2.18. The lowest BCUT2D eigenvalue weighted by Crippen LogP contribution is -2.51. The van der Waals surface area contributed by atoms with Crippen molar-refractivity contribution in [3.63, 3.8) is 0 Å².